The maximum Gasteiger partial charge on any atom is 0.346 e. The van der Waals surface area contributed by atoms with Gasteiger partial charge in [-0.05, 0) is 37.6 Å². The lowest BCUT2D eigenvalue weighted by Gasteiger charge is -2.08. The number of esters is 2. The zero-order valence-corrected chi connectivity index (χ0v) is 17.1. The number of ether oxygens (including phenoxy) is 2. The predicted octanol–water partition coefficient (Wildman–Crippen LogP) is 4.32. The monoisotopic (exact) mass is 430 g/mol. The molecule has 0 radical (unpaired) electrons. The van der Waals surface area contributed by atoms with Crippen LogP contribution in [0.4, 0.5) is 0 Å². The second kappa shape index (κ2) is 9.26. The highest BCUT2D eigenvalue weighted by Gasteiger charge is 2.17. The fourth-order valence-corrected chi connectivity index (χ4v) is 3.02. The van der Waals surface area contributed by atoms with Gasteiger partial charge in [-0.15, -0.1) is 0 Å². The van der Waals surface area contributed by atoms with Crippen molar-refractivity contribution in [3.8, 4) is 0 Å². The molecular weight excluding hydrogens is 415 g/mol. The van der Waals surface area contributed by atoms with Crippen LogP contribution in [0.1, 0.15) is 23.7 Å². The largest absolute Gasteiger partial charge is 0.466 e. The third kappa shape index (κ3) is 5.48. The number of methoxy groups -OCH3 is 1. The molecule has 0 amide bonds. The topological polar surface area (TPSA) is 70.4 Å². The summed E-state index contributed by atoms with van der Waals surface area (Å²) in [4.78, 5) is 23.1. The Morgan fingerprint density at radius 2 is 2.00 bits per heavy atom. The SMILES string of the molecule is COC(=O)C(C)OC(=O)/C=C/c1c(C)nn(Cc2ccc(Cl)cc2Cl)c1Cl. The summed E-state index contributed by atoms with van der Waals surface area (Å²) in [5.41, 5.74) is 1.98. The van der Waals surface area contributed by atoms with E-state index in [-0.39, 0.29) is 0 Å². The molecule has 1 atom stereocenters. The molecule has 0 aliphatic carbocycles. The van der Waals surface area contributed by atoms with E-state index in [4.69, 9.17) is 39.5 Å². The van der Waals surface area contributed by atoms with Gasteiger partial charge >= 0.3 is 11.9 Å². The molecule has 0 aliphatic heterocycles. The summed E-state index contributed by atoms with van der Waals surface area (Å²) in [5.74, 6) is -1.34. The summed E-state index contributed by atoms with van der Waals surface area (Å²) in [7, 11) is 1.22. The second-order valence-electron chi connectivity index (χ2n) is 5.62. The molecule has 0 spiro atoms. The van der Waals surface area contributed by atoms with Gasteiger partial charge in [0.25, 0.3) is 0 Å². The molecule has 0 aliphatic rings. The molecule has 9 heteroatoms. The van der Waals surface area contributed by atoms with Crippen LogP contribution in [0, 0.1) is 6.92 Å². The van der Waals surface area contributed by atoms with E-state index in [2.05, 4.69) is 9.84 Å². The van der Waals surface area contributed by atoms with E-state index in [1.165, 1.54) is 26.2 Å². The smallest absolute Gasteiger partial charge is 0.346 e. The number of carbonyl (C=O) groups is 2. The zero-order chi connectivity index (χ0) is 20.1. The van der Waals surface area contributed by atoms with Crippen molar-refractivity contribution in [1.29, 1.82) is 0 Å². The van der Waals surface area contributed by atoms with Crippen molar-refractivity contribution in [2.75, 3.05) is 7.11 Å². The Labute approximate surface area is 171 Å². The lowest BCUT2D eigenvalue weighted by molar-refractivity contribution is -0.161. The maximum atomic E-state index is 11.8. The quantitative estimate of drug-likeness (QED) is 0.503. The van der Waals surface area contributed by atoms with Crippen molar-refractivity contribution in [3.05, 3.63) is 56.3 Å². The summed E-state index contributed by atoms with van der Waals surface area (Å²) in [6.07, 6.45) is 1.66. The predicted molar refractivity (Wildman–Crippen MR) is 104 cm³/mol. The first-order valence-electron chi connectivity index (χ1n) is 7.86. The van der Waals surface area contributed by atoms with E-state index in [1.54, 1.807) is 29.8 Å². The first kappa shape index (κ1) is 21.3. The molecule has 0 fully saturated rings. The number of rotatable bonds is 6. The molecule has 2 aromatic rings. The van der Waals surface area contributed by atoms with Crippen LogP contribution >= 0.6 is 34.8 Å². The van der Waals surface area contributed by atoms with Crippen molar-refractivity contribution < 1.29 is 19.1 Å². The van der Waals surface area contributed by atoms with Gasteiger partial charge in [-0.3, -0.25) is 0 Å². The number of halogens is 3. The highest BCUT2D eigenvalue weighted by Crippen LogP contribution is 2.26. The first-order valence-corrected chi connectivity index (χ1v) is 8.99. The van der Waals surface area contributed by atoms with Crippen molar-refractivity contribution in [2.24, 2.45) is 0 Å². The Morgan fingerprint density at radius 1 is 1.30 bits per heavy atom. The number of hydrogen-bond donors (Lipinski definition) is 0. The summed E-state index contributed by atoms with van der Waals surface area (Å²) >= 11 is 18.5. The van der Waals surface area contributed by atoms with Gasteiger partial charge in [0.05, 0.1) is 19.3 Å². The van der Waals surface area contributed by atoms with Crippen LogP contribution in [0.5, 0.6) is 0 Å². The number of nitrogens with zero attached hydrogens (tertiary/aromatic N) is 2. The van der Waals surface area contributed by atoms with E-state index in [0.29, 0.717) is 33.0 Å². The molecule has 6 nitrogen and oxygen atoms in total. The van der Waals surface area contributed by atoms with Crippen molar-refractivity contribution in [1.82, 2.24) is 9.78 Å². The molecule has 144 valence electrons. The number of carbonyl (C=O) groups excluding carboxylic acids is 2. The molecule has 0 bridgehead atoms. The minimum Gasteiger partial charge on any atom is -0.466 e. The van der Waals surface area contributed by atoms with Gasteiger partial charge in [0.1, 0.15) is 5.15 Å². The standard InChI is InChI=1S/C18H17Cl3N2O4/c1-10-14(6-7-16(24)27-11(2)18(25)26-3)17(21)23(22-10)9-12-4-5-13(19)8-15(12)20/h4-8,11H,9H2,1-3H3/b7-6+. The van der Waals surface area contributed by atoms with Gasteiger partial charge in [-0.2, -0.15) is 5.10 Å². The maximum absolute atomic E-state index is 11.8. The van der Waals surface area contributed by atoms with E-state index < -0.39 is 18.0 Å². The van der Waals surface area contributed by atoms with Crippen molar-refractivity contribution in [3.63, 3.8) is 0 Å². The van der Waals surface area contributed by atoms with Crippen molar-refractivity contribution in [2.45, 2.75) is 26.5 Å². The number of benzene rings is 1. The molecule has 1 aromatic carbocycles. The van der Waals surface area contributed by atoms with Gasteiger partial charge in [0.2, 0.25) is 0 Å². The Hall–Kier alpha value is -2.02. The van der Waals surface area contributed by atoms with Gasteiger partial charge in [-0.25, -0.2) is 14.3 Å². The number of aromatic nitrogens is 2. The van der Waals surface area contributed by atoms with E-state index in [1.807, 2.05) is 0 Å². The molecule has 0 saturated carbocycles. The average Bonchev–Trinajstić information content (AvgIpc) is 2.88. The molecule has 2 rings (SSSR count). The minimum atomic E-state index is -1.00. The molecule has 1 unspecified atom stereocenters. The number of hydrogen-bond acceptors (Lipinski definition) is 5. The Morgan fingerprint density at radius 3 is 2.63 bits per heavy atom. The van der Waals surface area contributed by atoms with Crippen LogP contribution in [-0.4, -0.2) is 34.9 Å². The summed E-state index contributed by atoms with van der Waals surface area (Å²) in [5, 5.41) is 5.74. The van der Waals surface area contributed by atoms with Crippen LogP contribution in [-0.2, 0) is 25.6 Å². The van der Waals surface area contributed by atoms with Gasteiger partial charge in [-0.1, -0.05) is 40.9 Å². The molecular formula is C18H17Cl3N2O4. The molecule has 1 aromatic heterocycles. The fourth-order valence-electron chi connectivity index (χ4n) is 2.25. The second-order valence-corrected chi connectivity index (χ2v) is 6.82. The average molecular weight is 432 g/mol. The van der Waals surface area contributed by atoms with Crippen LogP contribution < -0.4 is 0 Å². The van der Waals surface area contributed by atoms with Crippen molar-refractivity contribution >= 4 is 52.8 Å². The minimum absolute atomic E-state index is 0.337. The van der Waals surface area contributed by atoms with Crippen LogP contribution in [0.3, 0.4) is 0 Å². The first-order chi connectivity index (χ1) is 12.7. The molecule has 0 N–H and O–H groups in total. The summed E-state index contributed by atoms with van der Waals surface area (Å²) in [6.45, 7) is 3.52. The Bertz CT molecular complexity index is 893. The normalized spacial score (nSPS) is 12.2. The molecule has 0 saturated heterocycles. The molecule has 27 heavy (non-hydrogen) atoms. The fraction of sp³-hybridized carbons (Fsp3) is 0.278. The zero-order valence-electron chi connectivity index (χ0n) is 14.8. The summed E-state index contributed by atoms with van der Waals surface area (Å²) < 4.78 is 11.0. The summed E-state index contributed by atoms with van der Waals surface area (Å²) in [6, 6.07) is 5.16. The highest BCUT2D eigenvalue weighted by molar-refractivity contribution is 6.35. The van der Waals surface area contributed by atoms with E-state index in [0.717, 1.165) is 5.56 Å². The highest BCUT2D eigenvalue weighted by atomic mass is 35.5. The van der Waals surface area contributed by atoms with Crippen LogP contribution in [0.25, 0.3) is 6.08 Å². The van der Waals surface area contributed by atoms with E-state index in [9.17, 15) is 9.59 Å². The van der Waals surface area contributed by atoms with Crippen LogP contribution in [0.2, 0.25) is 15.2 Å². The third-order valence-corrected chi connectivity index (χ3v) is 4.64. The van der Waals surface area contributed by atoms with Gasteiger partial charge in [0.15, 0.2) is 6.10 Å². The lowest BCUT2D eigenvalue weighted by Crippen LogP contribution is -2.24. The molecule has 1 heterocycles. The van der Waals surface area contributed by atoms with E-state index >= 15 is 0 Å². The van der Waals surface area contributed by atoms with Gasteiger partial charge in [0, 0.05) is 21.7 Å². The lowest BCUT2D eigenvalue weighted by atomic mass is 10.2. The Kier molecular flexibility index (Phi) is 7.30. The number of aryl methyl sites for hydroxylation is 1. The van der Waals surface area contributed by atoms with Crippen LogP contribution in [0.15, 0.2) is 24.3 Å². The Balaban J connectivity index is 2.15. The third-order valence-electron chi connectivity index (χ3n) is 3.66. The van der Waals surface area contributed by atoms with Gasteiger partial charge < -0.3 is 9.47 Å².